The molecule has 140 valence electrons. The Kier molecular flexibility index (Phi) is 6.08. The molecule has 3 aromatic rings. The van der Waals surface area contributed by atoms with Gasteiger partial charge in [0.15, 0.2) is 0 Å². The lowest BCUT2D eigenvalue weighted by atomic mass is 10.1. The van der Waals surface area contributed by atoms with E-state index in [4.69, 9.17) is 16.1 Å². The smallest absolute Gasteiger partial charge is 0.253 e. The van der Waals surface area contributed by atoms with Crippen molar-refractivity contribution < 1.29 is 9.32 Å². The van der Waals surface area contributed by atoms with Crippen LogP contribution in [0.25, 0.3) is 11.4 Å². The van der Waals surface area contributed by atoms with Crippen LogP contribution in [0.2, 0.25) is 5.02 Å². The largest absolute Gasteiger partial charge is 0.375 e. The maximum atomic E-state index is 12.3. The summed E-state index contributed by atoms with van der Waals surface area (Å²) in [5.41, 5.74) is 3.16. The van der Waals surface area contributed by atoms with Crippen LogP contribution in [0.5, 0.6) is 0 Å². The van der Waals surface area contributed by atoms with Crippen LogP contribution in [0.1, 0.15) is 35.2 Å². The second-order valence-corrected chi connectivity index (χ2v) is 6.62. The normalized spacial score (nSPS) is 10.6. The molecule has 0 atom stereocenters. The molecule has 0 saturated carbocycles. The number of amides is 1. The van der Waals surface area contributed by atoms with Crippen LogP contribution in [0, 0.1) is 6.92 Å². The van der Waals surface area contributed by atoms with Crippen LogP contribution >= 0.6 is 11.6 Å². The van der Waals surface area contributed by atoms with Crippen molar-refractivity contribution in [1.82, 2.24) is 15.5 Å². The fourth-order valence-electron chi connectivity index (χ4n) is 2.59. The van der Waals surface area contributed by atoms with Crippen LogP contribution in [0.15, 0.2) is 47.0 Å². The average molecular weight is 385 g/mol. The minimum absolute atomic E-state index is 0.151. The first-order chi connectivity index (χ1) is 13.1. The van der Waals surface area contributed by atoms with Crippen LogP contribution in [0.3, 0.4) is 0 Å². The van der Waals surface area contributed by atoms with Crippen molar-refractivity contribution >= 4 is 23.2 Å². The van der Waals surface area contributed by atoms with Crippen LogP contribution in [0.4, 0.5) is 5.69 Å². The number of nitrogens with one attached hydrogen (secondary N) is 2. The summed E-state index contributed by atoms with van der Waals surface area (Å²) >= 11 is 6.08. The van der Waals surface area contributed by atoms with Gasteiger partial charge in [-0.3, -0.25) is 4.79 Å². The number of carbonyl (C=O) groups excluding carboxylic acids is 1. The predicted octanol–water partition coefficient (Wildman–Crippen LogP) is 4.45. The highest BCUT2D eigenvalue weighted by Gasteiger charge is 2.13. The number of hydrogen-bond acceptors (Lipinski definition) is 5. The second kappa shape index (κ2) is 8.68. The number of aryl methyl sites for hydroxylation is 1. The average Bonchev–Trinajstić information content (AvgIpc) is 3.13. The highest BCUT2D eigenvalue weighted by molar-refractivity contribution is 6.31. The summed E-state index contributed by atoms with van der Waals surface area (Å²) in [6.07, 6.45) is 0.867. The lowest BCUT2D eigenvalue weighted by molar-refractivity contribution is 0.0954. The van der Waals surface area contributed by atoms with Gasteiger partial charge in [-0.05, 0) is 37.6 Å². The number of anilines is 1. The quantitative estimate of drug-likeness (QED) is 0.629. The zero-order valence-corrected chi connectivity index (χ0v) is 16.0. The van der Waals surface area contributed by atoms with Gasteiger partial charge in [-0.15, -0.1) is 0 Å². The van der Waals surface area contributed by atoms with Gasteiger partial charge < -0.3 is 15.2 Å². The van der Waals surface area contributed by atoms with Crippen molar-refractivity contribution in [2.24, 2.45) is 0 Å². The summed E-state index contributed by atoms with van der Waals surface area (Å²) in [5, 5.41) is 10.6. The Morgan fingerprint density at radius 2 is 2.07 bits per heavy atom. The first-order valence-electron chi connectivity index (χ1n) is 8.78. The molecular weight excluding hydrogens is 364 g/mol. The standard InChI is InChI=1S/C20H21ClN4O2/c1-3-9-22-20(26)16-8-7-15(21)11-17(16)23-12-18-24-19(25-27-18)14-6-4-5-13(2)10-14/h4-8,10-11,23H,3,9,12H2,1-2H3,(H,22,26). The van der Waals surface area contributed by atoms with Crippen LogP contribution in [-0.2, 0) is 6.54 Å². The maximum Gasteiger partial charge on any atom is 0.253 e. The molecule has 7 heteroatoms. The second-order valence-electron chi connectivity index (χ2n) is 6.18. The van der Waals surface area contributed by atoms with Gasteiger partial charge in [-0.25, -0.2) is 0 Å². The molecule has 0 unspecified atom stereocenters. The molecule has 0 spiro atoms. The molecule has 1 heterocycles. The minimum Gasteiger partial charge on any atom is -0.375 e. The molecule has 0 saturated heterocycles. The SMILES string of the molecule is CCCNC(=O)c1ccc(Cl)cc1NCc1nc(-c2cccc(C)c2)no1. The predicted molar refractivity (Wildman–Crippen MR) is 106 cm³/mol. The monoisotopic (exact) mass is 384 g/mol. The highest BCUT2D eigenvalue weighted by atomic mass is 35.5. The topological polar surface area (TPSA) is 80.0 Å². The first kappa shape index (κ1) is 18.9. The molecule has 0 radical (unpaired) electrons. The number of hydrogen-bond donors (Lipinski definition) is 2. The molecule has 6 nitrogen and oxygen atoms in total. The Hall–Kier alpha value is -2.86. The van der Waals surface area contributed by atoms with Crippen molar-refractivity contribution in [3.8, 4) is 11.4 Å². The van der Waals surface area contributed by atoms with Crippen molar-refractivity contribution in [3.63, 3.8) is 0 Å². The molecule has 1 amide bonds. The molecule has 1 aromatic heterocycles. The van der Waals surface area contributed by atoms with Crippen molar-refractivity contribution in [2.75, 3.05) is 11.9 Å². The Bertz CT molecular complexity index is 939. The van der Waals surface area contributed by atoms with E-state index < -0.39 is 0 Å². The van der Waals surface area contributed by atoms with E-state index in [0.717, 1.165) is 17.5 Å². The number of carbonyl (C=O) groups is 1. The number of nitrogens with zero attached hydrogens (tertiary/aromatic N) is 2. The van der Waals surface area contributed by atoms with Gasteiger partial charge in [0.25, 0.3) is 5.91 Å². The lowest BCUT2D eigenvalue weighted by Gasteiger charge is -2.11. The zero-order chi connectivity index (χ0) is 19.2. The third-order valence-corrected chi connectivity index (χ3v) is 4.17. The number of aromatic nitrogens is 2. The highest BCUT2D eigenvalue weighted by Crippen LogP contribution is 2.22. The van der Waals surface area contributed by atoms with E-state index in [1.54, 1.807) is 18.2 Å². The fraction of sp³-hybridized carbons (Fsp3) is 0.250. The molecule has 3 rings (SSSR count). The molecule has 0 aliphatic carbocycles. The van der Waals surface area contributed by atoms with Gasteiger partial charge >= 0.3 is 0 Å². The molecule has 0 aliphatic heterocycles. The molecule has 2 N–H and O–H groups in total. The van der Waals surface area contributed by atoms with E-state index >= 15 is 0 Å². The summed E-state index contributed by atoms with van der Waals surface area (Å²) in [5.74, 6) is 0.802. The Morgan fingerprint density at radius 3 is 2.85 bits per heavy atom. The fourth-order valence-corrected chi connectivity index (χ4v) is 2.77. The summed E-state index contributed by atoms with van der Waals surface area (Å²) in [4.78, 5) is 16.7. The summed E-state index contributed by atoms with van der Waals surface area (Å²) < 4.78 is 5.32. The summed E-state index contributed by atoms with van der Waals surface area (Å²) in [6.45, 7) is 4.91. The molecule has 0 aliphatic rings. The van der Waals surface area contributed by atoms with E-state index in [9.17, 15) is 4.79 Å². The van der Waals surface area contributed by atoms with Gasteiger partial charge in [0.05, 0.1) is 12.1 Å². The van der Waals surface area contributed by atoms with Crippen molar-refractivity contribution in [2.45, 2.75) is 26.8 Å². The van der Waals surface area contributed by atoms with E-state index in [-0.39, 0.29) is 12.5 Å². The van der Waals surface area contributed by atoms with Gasteiger partial charge in [-0.1, -0.05) is 47.4 Å². The molecule has 0 bridgehead atoms. The van der Waals surface area contributed by atoms with Crippen LogP contribution < -0.4 is 10.6 Å². The zero-order valence-electron chi connectivity index (χ0n) is 15.3. The third-order valence-electron chi connectivity index (χ3n) is 3.94. The Labute approximate surface area is 162 Å². The maximum absolute atomic E-state index is 12.3. The van der Waals surface area contributed by atoms with Crippen LogP contribution in [-0.4, -0.2) is 22.6 Å². The van der Waals surface area contributed by atoms with E-state index in [2.05, 4.69) is 20.8 Å². The third kappa shape index (κ3) is 4.86. The lowest BCUT2D eigenvalue weighted by Crippen LogP contribution is -2.25. The van der Waals surface area contributed by atoms with Gasteiger partial charge in [0.2, 0.25) is 11.7 Å². The molecule has 2 aromatic carbocycles. The first-order valence-corrected chi connectivity index (χ1v) is 9.16. The number of halogens is 1. The summed E-state index contributed by atoms with van der Waals surface area (Å²) in [7, 11) is 0. The molecule has 0 fully saturated rings. The number of benzene rings is 2. The van der Waals surface area contributed by atoms with Gasteiger partial charge in [0, 0.05) is 22.8 Å². The number of rotatable bonds is 7. The van der Waals surface area contributed by atoms with Crippen molar-refractivity contribution in [1.29, 1.82) is 0 Å². The molecule has 27 heavy (non-hydrogen) atoms. The van der Waals surface area contributed by atoms with E-state index in [0.29, 0.717) is 34.5 Å². The van der Waals surface area contributed by atoms with Crippen molar-refractivity contribution in [3.05, 3.63) is 64.5 Å². The van der Waals surface area contributed by atoms with Gasteiger partial charge in [-0.2, -0.15) is 4.98 Å². The molecular formula is C20H21ClN4O2. The van der Waals surface area contributed by atoms with E-state index in [1.165, 1.54) is 0 Å². The summed E-state index contributed by atoms with van der Waals surface area (Å²) in [6, 6.07) is 13.0. The Balaban J connectivity index is 1.73. The Morgan fingerprint density at radius 1 is 1.22 bits per heavy atom. The van der Waals surface area contributed by atoms with E-state index in [1.807, 2.05) is 38.1 Å². The van der Waals surface area contributed by atoms with Gasteiger partial charge in [0.1, 0.15) is 0 Å². The minimum atomic E-state index is -0.151.